The molecule has 1 unspecified atom stereocenters. The van der Waals surface area contributed by atoms with Crippen molar-refractivity contribution in [2.75, 3.05) is 18.0 Å². The van der Waals surface area contributed by atoms with Crippen molar-refractivity contribution in [1.29, 1.82) is 0 Å². The molecule has 19 heavy (non-hydrogen) atoms. The third-order valence-electron chi connectivity index (χ3n) is 3.89. The number of fused-ring (bicyclic) bond motifs is 1. The summed E-state index contributed by atoms with van der Waals surface area (Å²) >= 11 is 6.42. The summed E-state index contributed by atoms with van der Waals surface area (Å²) in [5, 5.41) is 4.68. The second kappa shape index (κ2) is 4.37. The van der Waals surface area contributed by atoms with Crippen molar-refractivity contribution in [3.63, 3.8) is 0 Å². The zero-order chi connectivity index (χ0) is 13.6. The highest BCUT2D eigenvalue weighted by Crippen LogP contribution is 2.35. The summed E-state index contributed by atoms with van der Waals surface area (Å²) in [5.74, 6) is 1.01. The van der Waals surface area contributed by atoms with Crippen LogP contribution in [0.4, 0.5) is 5.82 Å². The largest absolute Gasteiger partial charge is 0.354 e. The van der Waals surface area contributed by atoms with E-state index in [1.54, 1.807) is 0 Å². The molecule has 5 heteroatoms. The number of anilines is 1. The maximum Gasteiger partial charge on any atom is 0.154 e. The molecule has 0 N–H and O–H groups in total. The molecule has 1 saturated heterocycles. The van der Waals surface area contributed by atoms with E-state index in [4.69, 9.17) is 11.6 Å². The standard InChI is InChI=1S/C14H19ClN4/c1-10-8-11-13(16-5-7-19(11)17-10)18-6-4-12(15)14(2,3)9-18/h5,7-8,12H,4,6,9H2,1-3H3. The first kappa shape index (κ1) is 12.7. The Morgan fingerprint density at radius 3 is 2.95 bits per heavy atom. The van der Waals surface area contributed by atoms with Gasteiger partial charge in [0.25, 0.3) is 0 Å². The van der Waals surface area contributed by atoms with E-state index >= 15 is 0 Å². The number of rotatable bonds is 1. The van der Waals surface area contributed by atoms with Crippen molar-refractivity contribution >= 4 is 22.9 Å². The first-order valence-corrected chi connectivity index (χ1v) is 7.11. The zero-order valence-electron chi connectivity index (χ0n) is 11.6. The van der Waals surface area contributed by atoms with Gasteiger partial charge in [0, 0.05) is 30.9 Å². The Balaban J connectivity index is 2.01. The molecule has 102 valence electrons. The van der Waals surface area contributed by atoms with Crippen molar-refractivity contribution in [2.24, 2.45) is 5.41 Å². The number of alkyl halides is 1. The van der Waals surface area contributed by atoms with Crippen molar-refractivity contribution in [3.05, 3.63) is 24.2 Å². The summed E-state index contributed by atoms with van der Waals surface area (Å²) in [5.41, 5.74) is 2.19. The minimum absolute atomic E-state index is 0.101. The second-order valence-corrected chi connectivity index (χ2v) is 6.56. The van der Waals surface area contributed by atoms with Crippen LogP contribution in [0.5, 0.6) is 0 Å². The Bertz CT molecular complexity index is 605. The fourth-order valence-electron chi connectivity index (χ4n) is 2.78. The molecule has 0 amide bonds. The molecule has 0 radical (unpaired) electrons. The van der Waals surface area contributed by atoms with Crippen molar-refractivity contribution in [3.8, 4) is 0 Å². The molecule has 0 spiro atoms. The minimum atomic E-state index is 0.101. The van der Waals surface area contributed by atoms with Gasteiger partial charge < -0.3 is 4.90 Å². The fraction of sp³-hybridized carbons (Fsp3) is 0.571. The van der Waals surface area contributed by atoms with Gasteiger partial charge in [-0.15, -0.1) is 11.6 Å². The molecule has 0 aliphatic carbocycles. The molecular weight excluding hydrogens is 260 g/mol. The molecule has 1 atom stereocenters. The number of nitrogens with zero attached hydrogens (tertiary/aromatic N) is 4. The molecule has 4 nitrogen and oxygen atoms in total. The van der Waals surface area contributed by atoms with Gasteiger partial charge in [-0.05, 0) is 24.8 Å². The van der Waals surface area contributed by atoms with Crippen molar-refractivity contribution in [1.82, 2.24) is 14.6 Å². The van der Waals surface area contributed by atoms with Gasteiger partial charge in [-0.1, -0.05) is 13.8 Å². The van der Waals surface area contributed by atoms with Crippen molar-refractivity contribution in [2.45, 2.75) is 32.6 Å². The summed E-state index contributed by atoms with van der Waals surface area (Å²) < 4.78 is 1.90. The highest BCUT2D eigenvalue weighted by atomic mass is 35.5. The third-order valence-corrected chi connectivity index (χ3v) is 4.70. The summed E-state index contributed by atoms with van der Waals surface area (Å²) in [6.45, 7) is 8.33. The van der Waals surface area contributed by atoms with E-state index in [1.807, 2.05) is 23.8 Å². The quantitative estimate of drug-likeness (QED) is 0.752. The van der Waals surface area contributed by atoms with Crippen LogP contribution in [0.1, 0.15) is 26.0 Å². The molecule has 0 bridgehead atoms. The zero-order valence-corrected chi connectivity index (χ0v) is 12.4. The molecular formula is C14H19ClN4. The van der Waals surface area contributed by atoms with Gasteiger partial charge in [-0.2, -0.15) is 5.10 Å². The summed E-state index contributed by atoms with van der Waals surface area (Å²) in [7, 11) is 0. The Morgan fingerprint density at radius 1 is 1.42 bits per heavy atom. The van der Waals surface area contributed by atoms with Gasteiger partial charge in [-0.25, -0.2) is 9.50 Å². The average molecular weight is 279 g/mol. The number of hydrogen-bond donors (Lipinski definition) is 0. The monoisotopic (exact) mass is 278 g/mol. The number of aryl methyl sites for hydroxylation is 1. The van der Waals surface area contributed by atoms with Crippen LogP contribution in [0.2, 0.25) is 0 Å². The molecule has 1 aliphatic heterocycles. The summed E-state index contributed by atoms with van der Waals surface area (Å²) in [6, 6.07) is 2.09. The smallest absolute Gasteiger partial charge is 0.154 e. The SMILES string of the molecule is Cc1cc2c(N3CCC(Cl)C(C)(C)C3)nccn2n1. The van der Waals surface area contributed by atoms with Gasteiger partial charge in [0.1, 0.15) is 5.52 Å². The summed E-state index contributed by atoms with van der Waals surface area (Å²) in [4.78, 5) is 6.89. The maximum absolute atomic E-state index is 6.42. The Labute approximate surface area is 118 Å². The molecule has 1 fully saturated rings. The molecule has 2 aromatic rings. The van der Waals surface area contributed by atoms with E-state index in [1.165, 1.54) is 0 Å². The Morgan fingerprint density at radius 2 is 2.21 bits per heavy atom. The summed E-state index contributed by atoms with van der Waals surface area (Å²) in [6.07, 6.45) is 4.70. The van der Waals surface area contributed by atoms with Crippen LogP contribution in [0, 0.1) is 12.3 Å². The van der Waals surface area contributed by atoms with Gasteiger partial charge >= 0.3 is 0 Å². The van der Waals surface area contributed by atoms with Gasteiger partial charge in [-0.3, -0.25) is 0 Å². The maximum atomic E-state index is 6.42. The van der Waals surface area contributed by atoms with Crippen molar-refractivity contribution < 1.29 is 0 Å². The van der Waals surface area contributed by atoms with Crippen LogP contribution in [-0.2, 0) is 0 Å². The van der Waals surface area contributed by atoms with Crippen LogP contribution in [0.15, 0.2) is 18.5 Å². The van der Waals surface area contributed by atoms with E-state index < -0.39 is 0 Å². The van der Waals surface area contributed by atoms with Crippen LogP contribution >= 0.6 is 11.6 Å². The van der Waals surface area contributed by atoms with E-state index in [2.05, 4.69) is 34.9 Å². The van der Waals surface area contributed by atoms with E-state index in [9.17, 15) is 0 Å². The lowest BCUT2D eigenvalue weighted by Gasteiger charge is -2.42. The predicted octanol–water partition coefficient (Wildman–Crippen LogP) is 2.88. The predicted molar refractivity (Wildman–Crippen MR) is 78.0 cm³/mol. The number of aromatic nitrogens is 3. The first-order chi connectivity index (χ1) is 8.97. The molecule has 1 aliphatic rings. The molecule has 2 aromatic heterocycles. The van der Waals surface area contributed by atoms with E-state index in [-0.39, 0.29) is 10.8 Å². The normalized spacial score (nSPS) is 22.9. The fourth-order valence-corrected chi connectivity index (χ4v) is 2.95. The van der Waals surface area contributed by atoms with Crippen LogP contribution in [0.25, 0.3) is 5.52 Å². The third kappa shape index (κ3) is 2.18. The van der Waals surface area contributed by atoms with Crippen LogP contribution in [0.3, 0.4) is 0 Å². The first-order valence-electron chi connectivity index (χ1n) is 6.67. The Kier molecular flexibility index (Phi) is 2.93. The molecule has 0 saturated carbocycles. The van der Waals surface area contributed by atoms with Gasteiger partial charge in [0.15, 0.2) is 5.82 Å². The highest BCUT2D eigenvalue weighted by Gasteiger charge is 2.35. The van der Waals surface area contributed by atoms with Gasteiger partial charge in [0.05, 0.1) is 5.69 Å². The lowest BCUT2D eigenvalue weighted by atomic mass is 9.83. The van der Waals surface area contributed by atoms with Crippen LogP contribution in [-0.4, -0.2) is 33.1 Å². The number of halogens is 1. The lowest BCUT2D eigenvalue weighted by molar-refractivity contribution is 0.300. The number of hydrogen-bond acceptors (Lipinski definition) is 3. The molecule has 3 heterocycles. The van der Waals surface area contributed by atoms with E-state index in [0.29, 0.717) is 0 Å². The minimum Gasteiger partial charge on any atom is -0.354 e. The average Bonchev–Trinajstić information content (AvgIpc) is 2.72. The van der Waals surface area contributed by atoms with E-state index in [0.717, 1.165) is 36.5 Å². The topological polar surface area (TPSA) is 33.4 Å². The number of piperidine rings is 1. The van der Waals surface area contributed by atoms with Gasteiger partial charge in [0.2, 0.25) is 0 Å². The molecule has 0 aromatic carbocycles. The Hall–Kier alpha value is -1.29. The molecule has 3 rings (SSSR count). The highest BCUT2D eigenvalue weighted by molar-refractivity contribution is 6.21. The van der Waals surface area contributed by atoms with Crippen LogP contribution < -0.4 is 4.90 Å². The second-order valence-electron chi connectivity index (χ2n) is 6.03. The lowest BCUT2D eigenvalue weighted by Crippen LogP contribution is -2.47.